The van der Waals surface area contributed by atoms with Crippen LogP contribution in [0.15, 0.2) is 24.3 Å². The molecule has 0 saturated heterocycles. The lowest BCUT2D eigenvalue weighted by Gasteiger charge is -2.33. The monoisotopic (exact) mass is 264 g/mol. The fourth-order valence-electron chi connectivity index (χ4n) is 2.26. The van der Waals surface area contributed by atoms with Crippen molar-refractivity contribution in [3.05, 3.63) is 29.8 Å². The molecular formula is C16H28N2O. The lowest BCUT2D eigenvalue weighted by atomic mass is 9.86. The largest absolute Gasteiger partial charge is 0.497 e. The van der Waals surface area contributed by atoms with Crippen molar-refractivity contribution in [2.75, 3.05) is 27.7 Å². The van der Waals surface area contributed by atoms with Gasteiger partial charge in [-0.1, -0.05) is 32.9 Å². The van der Waals surface area contributed by atoms with E-state index in [9.17, 15) is 0 Å². The second-order valence-corrected chi connectivity index (χ2v) is 6.26. The first kappa shape index (κ1) is 16.0. The van der Waals surface area contributed by atoms with Crippen molar-refractivity contribution in [1.29, 1.82) is 0 Å². The van der Waals surface area contributed by atoms with Crippen LogP contribution in [0.25, 0.3) is 0 Å². The molecule has 0 bridgehead atoms. The highest BCUT2D eigenvalue weighted by Gasteiger charge is 2.24. The smallest absolute Gasteiger partial charge is 0.119 e. The number of hydrogen-bond donors (Lipinski definition) is 1. The molecule has 0 amide bonds. The van der Waals surface area contributed by atoms with Gasteiger partial charge in [0.05, 0.1) is 7.11 Å². The molecule has 1 aromatic carbocycles. The van der Waals surface area contributed by atoms with Crippen LogP contribution in [0.1, 0.15) is 26.3 Å². The summed E-state index contributed by atoms with van der Waals surface area (Å²) in [5, 5.41) is 3.41. The van der Waals surface area contributed by atoms with Crippen LogP contribution < -0.4 is 10.1 Å². The van der Waals surface area contributed by atoms with Gasteiger partial charge in [0.25, 0.3) is 0 Å². The Balaban J connectivity index is 2.61. The summed E-state index contributed by atoms with van der Waals surface area (Å²) in [4.78, 5) is 2.35. The molecule has 1 unspecified atom stereocenters. The third-order valence-corrected chi connectivity index (χ3v) is 3.47. The molecule has 19 heavy (non-hydrogen) atoms. The molecule has 1 aromatic rings. The Morgan fingerprint density at radius 2 is 2.00 bits per heavy atom. The third kappa shape index (κ3) is 5.21. The maximum absolute atomic E-state index is 5.26. The fourth-order valence-corrected chi connectivity index (χ4v) is 2.26. The van der Waals surface area contributed by atoms with Gasteiger partial charge >= 0.3 is 0 Å². The molecule has 1 atom stereocenters. The lowest BCUT2D eigenvalue weighted by molar-refractivity contribution is 0.198. The summed E-state index contributed by atoms with van der Waals surface area (Å²) in [6, 6.07) is 8.74. The van der Waals surface area contributed by atoms with Crippen LogP contribution in [0.3, 0.4) is 0 Å². The third-order valence-electron chi connectivity index (χ3n) is 3.47. The van der Waals surface area contributed by atoms with E-state index in [1.54, 1.807) is 7.11 Å². The highest BCUT2D eigenvalue weighted by molar-refractivity contribution is 5.28. The van der Waals surface area contributed by atoms with Gasteiger partial charge < -0.3 is 15.0 Å². The van der Waals surface area contributed by atoms with Gasteiger partial charge in [-0.3, -0.25) is 0 Å². The highest BCUT2D eigenvalue weighted by Crippen LogP contribution is 2.20. The summed E-state index contributed by atoms with van der Waals surface area (Å²) in [7, 11) is 5.91. The maximum atomic E-state index is 5.26. The number of likely N-dealkylation sites (N-methyl/N-ethyl adjacent to an activating group) is 2. The molecule has 0 aliphatic heterocycles. The zero-order valence-electron chi connectivity index (χ0n) is 13.2. The van der Waals surface area contributed by atoms with Crippen molar-refractivity contribution < 1.29 is 4.74 Å². The predicted octanol–water partition coefficient (Wildman–Crippen LogP) is 2.76. The summed E-state index contributed by atoms with van der Waals surface area (Å²) < 4.78 is 5.26. The van der Waals surface area contributed by atoms with Crippen molar-refractivity contribution in [3.63, 3.8) is 0 Å². The predicted molar refractivity (Wildman–Crippen MR) is 81.6 cm³/mol. The van der Waals surface area contributed by atoms with E-state index in [1.807, 2.05) is 19.2 Å². The first-order valence-electron chi connectivity index (χ1n) is 6.85. The molecule has 108 valence electrons. The maximum Gasteiger partial charge on any atom is 0.119 e. The Morgan fingerprint density at radius 1 is 1.32 bits per heavy atom. The van der Waals surface area contributed by atoms with Crippen LogP contribution in [0, 0.1) is 5.41 Å². The second-order valence-electron chi connectivity index (χ2n) is 6.26. The van der Waals surface area contributed by atoms with Crippen LogP contribution in [-0.2, 0) is 6.54 Å². The number of benzene rings is 1. The fraction of sp³-hybridized carbons (Fsp3) is 0.625. The van der Waals surface area contributed by atoms with Gasteiger partial charge in [0, 0.05) is 19.1 Å². The van der Waals surface area contributed by atoms with Gasteiger partial charge in [-0.25, -0.2) is 0 Å². The lowest BCUT2D eigenvalue weighted by Crippen LogP contribution is -2.45. The summed E-state index contributed by atoms with van der Waals surface area (Å²) >= 11 is 0. The van der Waals surface area contributed by atoms with Gasteiger partial charge in [0.15, 0.2) is 0 Å². The Kier molecular flexibility index (Phi) is 5.83. The van der Waals surface area contributed by atoms with Gasteiger partial charge in [-0.05, 0) is 37.2 Å². The normalized spacial score (nSPS) is 13.6. The first-order chi connectivity index (χ1) is 8.86. The van der Waals surface area contributed by atoms with E-state index >= 15 is 0 Å². The molecule has 0 aliphatic rings. The van der Waals surface area contributed by atoms with Crippen LogP contribution >= 0.6 is 0 Å². The van der Waals surface area contributed by atoms with Crippen molar-refractivity contribution in [3.8, 4) is 5.75 Å². The number of hydrogen-bond acceptors (Lipinski definition) is 3. The van der Waals surface area contributed by atoms with Gasteiger partial charge in [0.2, 0.25) is 0 Å². The van der Waals surface area contributed by atoms with E-state index in [0.29, 0.717) is 6.04 Å². The van der Waals surface area contributed by atoms with Crippen molar-refractivity contribution in [1.82, 2.24) is 10.2 Å². The first-order valence-corrected chi connectivity index (χ1v) is 6.85. The van der Waals surface area contributed by atoms with E-state index in [4.69, 9.17) is 4.74 Å². The number of nitrogens with one attached hydrogen (secondary N) is 1. The molecule has 0 saturated carbocycles. The Hall–Kier alpha value is -1.06. The molecule has 3 nitrogen and oxygen atoms in total. The summed E-state index contributed by atoms with van der Waals surface area (Å²) in [5.41, 5.74) is 1.54. The average Bonchev–Trinajstić information content (AvgIpc) is 2.34. The molecule has 0 spiro atoms. The zero-order valence-corrected chi connectivity index (χ0v) is 13.2. The molecular weight excluding hydrogens is 236 g/mol. The van der Waals surface area contributed by atoms with Crippen molar-refractivity contribution >= 4 is 0 Å². The average molecular weight is 264 g/mol. The molecule has 0 radical (unpaired) electrons. The SMILES string of the molecule is CNC(CN(C)Cc1cccc(OC)c1)C(C)(C)C. The molecule has 3 heteroatoms. The molecule has 0 aliphatic carbocycles. The molecule has 0 aromatic heterocycles. The molecule has 1 rings (SSSR count). The molecule has 1 N–H and O–H groups in total. The summed E-state index contributed by atoms with van der Waals surface area (Å²) in [6.07, 6.45) is 0. The molecule has 0 heterocycles. The second kappa shape index (κ2) is 6.92. The topological polar surface area (TPSA) is 24.5 Å². The van der Waals surface area contributed by atoms with E-state index in [1.165, 1.54) is 5.56 Å². The minimum atomic E-state index is 0.261. The minimum Gasteiger partial charge on any atom is -0.497 e. The Bertz CT molecular complexity index is 385. The summed E-state index contributed by atoms with van der Waals surface area (Å²) in [6.45, 7) is 8.78. The molecule has 0 fully saturated rings. The number of methoxy groups -OCH3 is 1. The van der Waals surface area contributed by atoms with E-state index in [2.05, 4.69) is 50.2 Å². The minimum absolute atomic E-state index is 0.261. The number of ether oxygens (including phenoxy) is 1. The van der Waals surface area contributed by atoms with E-state index in [-0.39, 0.29) is 5.41 Å². The van der Waals surface area contributed by atoms with Gasteiger partial charge in [-0.2, -0.15) is 0 Å². The van der Waals surface area contributed by atoms with Crippen molar-refractivity contribution in [2.24, 2.45) is 5.41 Å². The van der Waals surface area contributed by atoms with Gasteiger partial charge in [0.1, 0.15) is 5.75 Å². The Morgan fingerprint density at radius 3 is 2.53 bits per heavy atom. The Labute approximate surface area is 118 Å². The van der Waals surface area contributed by atoms with E-state index < -0.39 is 0 Å². The van der Waals surface area contributed by atoms with Crippen LogP contribution in [0.4, 0.5) is 0 Å². The zero-order chi connectivity index (χ0) is 14.5. The van der Waals surface area contributed by atoms with E-state index in [0.717, 1.165) is 18.8 Å². The number of nitrogens with zero attached hydrogens (tertiary/aromatic N) is 1. The number of rotatable bonds is 6. The van der Waals surface area contributed by atoms with Gasteiger partial charge in [-0.15, -0.1) is 0 Å². The highest BCUT2D eigenvalue weighted by atomic mass is 16.5. The summed E-state index contributed by atoms with van der Waals surface area (Å²) in [5.74, 6) is 0.923. The van der Waals surface area contributed by atoms with Crippen LogP contribution in [0.2, 0.25) is 0 Å². The standard InChI is InChI=1S/C16H28N2O/c1-16(2,3)15(17-4)12-18(5)11-13-8-7-9-14(10-13)19-6/h7-10,15,17H,11-12H2,1-6H3. The van der Waals surface area contributed by atoms with Crippen LogP contribution in [0.5, 0.6) is 5.75 Å². The quantitative estimate of drug-likeness (QED) is 0.855. The van der Waals surface area contributed by atoms with Crippen LogP contribution in [-0.4, -0.2) is 38.7 Å². The van der Waals surface area contributed by atoms with Crippen molar-refractivity contribution in [2.45, 2.75) is 33.4 Å².